The highest BCUT2D eigenvalue weighted by Crippen LogP contribution is 2.37. The highest BCUT2D eigenvalue weighted by Gasteiger charge is 2.30. The zero-order valence-electron chi connectivity index (χ0n) is 15.9. The highest BCUT2D eigenvalue weighted by molar-refractivity contribution is 5.99. The van der Waals surface area contributed by atoms with Crippen LogP contribution in [0.4, 0.5) is 17.1 Å². The lowest BCUT2D eigenvalue weighted by molar-refractivity contribution is -0.126. The van der Waals surface area contributed by atoms with Crippen LogP contribution in [0.25, 0.3) is 0 Å². The Kier molecular flexibility index (Phi) is 5.03. The van der Waals surface area contributed by atoms with Gasteiger partial charge in [0, 0.05) is 37.7 Å². The van der Waals surface area contributed by atoms with E-state index in [0.29, 0.717) is 12.3 Å². The van der Waals surface area contributed by atoms with E-state index >= 15 is 0 Å². The molecule has 0 aromatic heterocycles. The van der Waals surface area contributed by atoms with Gasteiger partial charge in [-0.1, -0.05) is 19.1 Å². The number of hydrogen-bond donors (Lipinski definition) is 1. The van der Waals surface area contributed by atoms with Crippen molar-refractivity contribution in [2.75, 3.05) is 30.5 Å². The van der Waals surface area contributed by atoms with Crippen LogP contribution in [0.15, 0.2) is 42.5 Å². The van der Waals surface area contributed by atoms with E-state index in [1.165, 1.54) is 5.56 Å². The fourth-order valence-electron chi connectivity index (χ4n) is 3.80. The molecule has 2 aliphatic heterocycles. The third-order valence-corrected chi connectivity index (χ3v) is 5.46. The summed E-state index contributed by atoms with van der Waals surface area (Å²) >= 11 is 0. The fourth-order valence-corrected chi connectivity index (χ4v) is 3.80. The highest BCUT2D eigenvalue weighted by atomic mass is 16.5. The molecule has 5 heteroatoms. The summed E-state index contributed by atoms with van der Waals surface area (Å²) in [6.07, 6.45) is 2.45. The van der Waals surface area contributed by atoms with Gasteiger partial charge in [-0.25, -0.2) is 0 Å². The number of nitrogens with zero attached hydrogens (tertiary/aromatic N) is 1. The van der Waals surface area contributed by atoms with Gasteiger partial charge in [-0.3, -0.25) is 4.79 Å². The molecule has 4 rings (SSSR count). The molecule has 5 nitrogen and oxygen atoms in total. The number of likely N-dealkylation sites (N-methyl/N-ethyl adjacent to an activating group) is 1. The summed E-state index contributed by atoms with van der Waals surface area (Å²) in [5.41, 5.74) is 4.18. The van der Waals surface area contributed by atoms with Gasteiger partial charge < -0.3 is 19.7 Å². The molecule has 2 aromatic rings. The number of carbonyl (C=O) groups is 1. The van der Waals surface area contributed by atoms with E-state index in [1.807, 2.05) is 25.1 Å². The van der Waals surface area contributed by atoms with Crippen LogP contribution in [0.2, 0.25) is 0 Å². The third-order valence-electron chi connectivity index (χ3n) is 5.46. The molecule has 0 radical (unpaired) electrons. The van der Waals surface area contributed by atoms with Crippen molar-refractivity contribution in [1.29, 1.82) is 0 Å². The largest absolute Gasteiger partial charge is 0.478 e. The van der Waals surface area contributed by atoms with Crippen LogP contribution in [0.3, 0.4) is 0 Å². The maximum atomic E-state index is 12.2. The number of fused-ring (bicyclic) bond motifs is 1. The van der Waals surface area contributed by atoms with Crippen molar-refractivity contribution in [2.24, 2.45) is 0 Å². The first-order valence-electron chi connectivity index (χ1n) is 9.68. The second-order valence-corrected chi connectivity index (χ2v) is 7.23. The number of benzene rings is 2. The van der Waals surface area contributed by atoms with E-state index < -0.39 is 6.10 Å². The summed E-state index contributed by atoms with van der Waals surface area (Å²) < 4.78 is 11.3. The minimum absolute atomic E-state index is 0.00871. The summed E-state index contributed by atoms with van der Waals surface area (Å²) in [6.45, 7) is 3.68. The predicted molar refractivity (Wildman–Crippen MR) is 107 cm³/mol. The summed E-state index contributed by atoms with van der Waals surface area (Å²) in [4.78, 5) is 13.9. The molecular formula is C22H26N2O3. The van der Waals surface area contributed by atoms with E-state index in [1.54, 1.807) is 11.9 Å². The van der Waals surface area contributed by atoms with Crippen molar-refractivity contribution in [1.82, 2.24) is 0 Å². The van der Waals surface area contributed by atoms with Crippen LogP contribution in [0.5, 0.6) is 5.75 Å². The van der Waals surface area contributed by atoms with Crippen molar-refractivity contribution in [3.05, 3.63) is 48.0 Å². The molecular weight excluding hydrogens is 340 g/mol. The summed E-state index contributed by atoms with van der Waals surface area (Å²) in [7, 11) is 1.80. The van der Waals surface area contributed by atoms with Gasteiger partial charge in [0.2, 0.25) is 0 Å². The molecule has 0 spiro atoms. The summed E-state index contributed by atoms with van der Waals surface area (Å²) in [5, 5.41) is 3.43. The van der Waals surface area contributed by atoms with Gasteiger partial charge in [0.25, 0.3) is 5.91 Å². The van der Waals surface area contributed by atoms with Gasteiger partial charge in [0.05, 0.1) is 5.69 Å². The molecule has 1 unspecified atom stereocenters. The number of amides is 1. The molecule has 2 aliphatic rings. The van der Waals surface area contributed by atoms with E-state index in [0.717, 1.165) is 48.9 Å². The minimum atomic E-state index is -0.406. The van der Waals surface area contributed by atoms with Crippen molar-refractivity contribution in [3.8, 4) is 5.75 Å². The lowest BCUT2D eigenvalue weighted by Gasteiger charge is -2.31. The number of ether oxygens (including phenoxy) is 2. The maximum Gasteiger partial charge on any atom is 0.267 e. The quantitative estimate of drug-likeness (QED) is 0.868. The van der Waals surface area contributed by atoms with Crippen LogP contribution < -0.4 is 15.0 Å². The first kappa shape index (κ1) is 17.9. The van der Waals surface area contributed by atoms with E-state index in [-0.39, 0.29) is 5.91 Å². The number of rotatable bonds is 4. The molecule has 1 fully saturated rings. The SMILES string of the molecule is CCC1Oc2cc(Nc3ccc(C4CCOCC4)cc3)ccc2N(C)C1=O. The Morgan fingerprint density at radius 2 is 1.78 bits per heavy atom. The molecule has 0 saturated carbocycles. The second-order valence-electron chi connectivity index (χ2n) is 7.23. The van der Waals surface area contributed by atoms with Gasteiger partial charge in [-0.2, -0.15) is 0 Å². The Morgan fingerprint density at radius 1 is 1.07 bits per heavy atom. The molecule has 142 valence electrons. The van der Waals surface area contributed by atoms with Crippen molar-refractivity contribution < 1.29 is 14.3 Å². The molecule has 0 aliphatic carbocycles. The van der Waals surface area contributed by atoms with Crippen LogP contribution in [0, 0.1) is 0 Å². The molecule has 0 bridgehead atoms. The van der Waals surface area contributed by atoms with E-state index in [4.69, 9.17) is 9.47 Å². The number of nitrogens with one attached hydrogen (secondary N) is 1. The molecule has 2 heterocycles. The topological polar surface area (TPSA) is 50.8 Å². The Morgan fingerprint density at radius 3 is 2.48 bits per heavy atom. The fraction of sp³-hybridized carbons (Fsp3) is 0.409. The monoisotopic (exact) mass is 366 g/mol. The lowest BCUT2D eigenvalue weighted by atomic mass is 9.92. The number of hydrogen-bond acceptors (Lipinski definition) is 4. The first-order valence-corrected chi connectivity index (χ1v) is 9.68. The third kappa shape index (κ3) is 3.65. The van der Waals surface area contributed by atoms with Gasteiger partial charge in [-0.15, -0.1) is 0 Å². The molecule has 1 N–H and O–H groups in total. The van der Waals surface area contributed by atoms with Gasteiger partial charge in [-0.05, 0) is 55.0 Å². The van der Waals surface area contributed by atoms with Crippen LogP contribution in [-0.4, -0.2) is 32.3 Å². The normalized spacial score (nSPS) is 20.1. The maximum absolute atomic E-state index is 12.2. The lowest BCUT2D eigenvalue weighted by Crippen LogP contribution is -2.43. The number of anilines is 3. The second kappa shape index (κ2) is 7.61. The Balaban J connectivity index is 1.49. The standard InChI is InChI=1S/C22H26N2O3/c1-3-20-22(25)24(2)19-9-8-18(14-21(19)27-20)23-17-6-4-15(5-7-17)16-10-12-26-13-11-16/h4-9,14,16,20,23H,3,10-13H2,1-2H3. The van der Waals surface area contributed by atoms with Crippen LogP contribution >= 0.6 is 0 Å². The van der Waals surface area contributed by atoms with Crippen LogP contribution in [-0.2, 0) is 9.53 Å². The Bertz CT molecular complexity index is 813. The molecule has 1 amide bonds. The van der Waals surface area contributed by atoms with Gasteiger partial charge >= 0.3 is 0 Å². The van der Waals surface area contributed by atoms with E-state index in [9.17, 15) is 4.79 Å². The molecule has 1 saturated heterocycles. The van der Waals surface area contributed by atoms with Crippen LogP contribution in [0.1, 0.15) is 37.7 Å². The van der Waals surface area contributed by atoms with Gasteiger partial charge in [0.1, 0.15) is 5.75 Å². The summed E-state index contributed by atoms with van der Waals surface area (Å²) in [6, 6.07) is 14.5. The van der Waals surface area contributed by atoms with Gasteiger partial charge in [0.15, 0.2) is 6.10 Å². The van der Waals surface area contributed by atoms with Crippen molar-refractivity contribution in [3.63, 3.8) is 0 Å². The zero-order valence-corrected chi connectivity index (χ0v) is 15.9. The average Bonchev–Trinajstić information content (AvgIpc) is 2.72. The Labute approximate surface area is 160 Å². The average molecular weight is 366 g/mol. The minimum Gasteiger partial charge on any atom is -0.478 e. The van der Waals surface area contributed by atoms with E-state index in [2.05, 4.69) is 29.6 Å². The van der Waals surface area contributed by atoms with Crippen molar-refractivity contribution >= 4 is 23.0 Å². The van der Waals surface area contributed by atoms with Crippen molar-refractivity contribution in [2.45, 2.75) is 38.2 Å². The first-order chi connectivity index (χ1) is 13.2. The zero-order chi connectivity index (χ0) is 18.8. The summed E-state index contributed by atoms with van der Waals surface area (Å²) in [5.74, 6) is 1.35. The Hall–Kier alpha value is -2.53. The molecule has 27 heavy (non-hydrogen) atoms. The number of carbonyl (C=O) groups excluding carboxylic acids is 1. The molecule has 1 atom stereocenters. The molecule has 2 aromatic carbocycles. The smallest absolute Gasteiger partial charge is 0.267 e. The predicted octanol–water partition coefficient (Wildman–Crippen LogP) is 4.46.